The second-order valence-corrected chi connectivity index (χ2v) is 8.57. The van der Waals surface area contributed by atoms with Gasteiger partial charge >= 0.3 is 0 Å². The third-order valence-electron chi connectivity index (χ3n) is 2.63. The molecule has 2 heterocycles. The average molecular weight is 306 g/mol. The molecule has 0 spiro atoms. The number of rotatable bonds is 0. The molecule has 0 fully saturated rings. The minimum Gasteiger partial charge on any atom is -0.201 e. The summed E-state index contributed by atoms with van der Waals surface area (Å²) in [6.07, 6.45) is 1.85. The molecule has 0 bridgehead atoms. The molecule has 0 amide bonds. The highest BCUT2D eigenvalue weighted by atomic mass is 32.1. The summed E-state index contributed by atoms with van der Waals surface area (Å²) < 4.78 is 4.03. The molecule has 0 aromatic carbocycles. The molecule has 0 saturated carbocycles. The van der Waals surface area contributed by atoms with Gasteiger partial charge < -0.3 is 0 Å². The number of hydrogen-bond donors (Lipinski definition) is 0. The van der Waals surface area contributed by atoms with Crippen molar-refractivity contribution in [2.24, 2.45) is 0 Å². The summed E-state index contributed by atoms with van der Waals surface area (Å²) in [6.45, 7) is 13.0. The zero-order valence-electron chi connectivity index (χ0n) is 13.0. The van der Waals surface area contributed by atoms with E-state index in [2.05, 4.69) is 58.1 Å². The first-order valence-corrected chi connectivity index (χ1v) is 8.15. The van der Waals surface area contributed by atoms with E-state index in [1.807, 2.05) is 18.3 Å². The van der Waals surface area contributed by atoms with Gasteiger partial charge in [0.25, 0.3) is 0 Å². The molecule has 2 aromatic rings. The van der Waals surface area contributed by atoms with Crippen molar-refractivity contribution in [3.63, 3.8) is 0 Å². The SMILES string of the molecule is CC(C)(C)c1ccc(C#N)s1.CC(C)(C)c1ccns1. The Balaban J connectivity index is 0.000000204. The van der Waals surface area contributed by atoms with Gasteiger partial charge in [0, 0.05) is 16.0 Å². The second kappa shape index (κ2) is 6.51. The molecule has 0 aliphatic carbocycles. The van der Waals surface area contributed by atoms with E-state index in [9.17, 15) is 0 Å². The quantitative estimate of drug-likeness (QED) is 0.657. The average Bonchev–Trinajstić information content (AvgIpc) is 3.00. The van der Waals surface area contributed by atoms with Gasteiger partial charge in [-0.2, -0.15) is 5.26 Å². The first-order valence-electron chi connectivity index (χ1n) is 6.56. The van der Waals surface area contributed by atoms with Gasteiger partial charge in [-0.25, -0.2) is 4.37 Å². The zero-order chi connectivity index (χ0) is 15.4. The maximum Gasteiger partial charge on any atom is 0.110 e. The first kappa shape index (κ1) is 16.9. The summed E-state index contributed by atoms with van der Waals surface area (Å²) in [7, 11) is 0. The van der Waals surface area contributed by atoms with Crippen LogP contribution in [-0.4, -0.2) is 4.37 Å². The predicted molar refractivity (Wildman–Crippen MR) is 88.5 cm³/mol. The zero-order valence-corrected chi connectivity index (χ0v) is 14.7. The van der Waals surface area contributed by atoms with Crippen LogP contribution in [0.15, 0.2) is 24.4 Å². The second-order valence-electron chi connectivity index (χ2n) is 6.65. The van der Waals surface area contributed by atoms with Crippen molar-refractivity contribution in [1.29, 1.82) is 5.26 Å². The molecule has 4 heteroatoms. The van der Waals surface area contributed by atoms with Crippen molar-refractivity contribution in [2.75, 3.05) is 0 Å². The van der Waals surface area contributed by atoms with Crippen molar-refractivity contribution in [2.45, 2.75) is 52.4 Å². The van der Waals surface area contributed by atoms with E-state index in [1.165, 1.54) is 9.75 Å². The number of thiophene rings is 1. The lowest BCUT2D eigenvalue weighted by molar-refractivity contribution is 0.603. The standard InChI is InChI=1S/C9H11NS.C7H11NS/c1-9(2,3)8-5-4-7(6-10)11-8;1-7(2,3)6-4-5-8-9-6/h4-5H,1-3H3;4-5H,1-3H3. The van der Waals surface area contributed by atoms with Gasteiger partial charge in [-0.1, -0.05) is 41.5 Å². The Morgan fingerprint density at radius 3 is 1.80 bits per heavy atom. The van der Waals surface area contributed by atoms with Gasteiger partial charge in [-0.15, -0.1) is 11.3 Å². The molecule has 20 heavy (non-hydrogen) atoms. The molecule has 0 radical (unpaired) electrons. The van der Waals surface area contributed by atoms with Crippen LogP contribution in [-0.2, 0) is 10.8 Å². The Kier molecular flexibility index (Phi) is 5.50. The molecular formula is C16H22N2S2. The Morgan fingerprint density at radius 1 is 0.950 bits per heavy atom. The van der Waals surface area contributed by atoms with E-state index in [1.54, 1.807) is 22.9 Å². The van der Waals surface area contributed by atoms with E-state index in [-0.39, 0.29) is 10.8 Å². The van der Waals surface area contributed by atoms with Crippen LogP contribution in [0.5, 0.6) is 0 Å². The van der Waals surface area contributed by atoms with Crippen LogP contribution in [0.1, 0.15) is 56.2 Å². The highest BCUT2D eigenvalue weighted by molar-refractivity contribution is 7.12. The minimum absolute atomic E-state index is 0.180. The van der Waals surface area contributed by atoms with Crippen LogP contribution in [0.3, 0.4) is 0 Å². The molecule has 2 aromatic heterocycles. The Morgan fingerprint density at radius 2 is 1.55 bits per heavy atom. The molecule has 0 aliphatic rings. The molecule has 2 nitrogen and oxygen atoms in total. The minimum atomic E-state index is 0.180. The fraction of sp³-hybridized carbons (Fsp3) is 0.500. The van der Waals surface area contributed by atoms with E-state index >= 15 is 0 Å². The Hall–Kier alpha value is -1.18. The highest BCUT2D eigenvalue weighted by Gasteiger charge is 2.15. The Bertz CT molecular complexity index is 561. The largest absolute Gasteiger partial charge is 0.201 e. The molecule has 0 atom stereocenters. The lowest BCUT2D eigenvalue weighted by atomic mass is 9.95. The van der Waals surface area contributed by atoms with Gasteiger partial charge in [-0.3, -0.25) is 0 Å². The van der Waals surface area contributed by atoms with Crippen LogP contribution < -0.4 is 0 Å². The maximum atomic E-state index is 8.58. The molecule has 0 aliphatic heterocycles. The van der Waals surface area contributed by atoms with Crippen molar-refractivity contribution >= 4 is 22.9 Å². The number of aromatic nitrogens is 1. The molecule has 0 saturated heterocycles. The van der Waals surface area contributed by atoms with Crippen molar-refractivity contribution in [3.05, 3.63) is 39.0 Å². The lowest BCUT2D eigenvalue weighted by Crippen LogP contribution is -2.07. The van der Waals surface area contributed by atoms with Crippen LogP contribution in [0.25, 0.3) is 0 Å². The highest BCUT2D eigenvalue weighted by Crippen LogP contribution is 2.28. The van der Waals surface area contributed by atoms with Gasteiger partial charge in [-0.05, 0) is 40.6 Å². The number of nitrogens with zero attached hydrogens (tertiary/aromatic N) is 2. The monoisotopic (exact) mass is 306 g/mol. The molecule has 0 N–H and O–H groups in total. The predicted octanol–water partition coefficient (Wildman–Crippen LogP) is 5.36. The van der Waals surface area contributed by atoms with Crippen LogP contribution in [0.2, 0.25) is 0 Å². The lowest BCUT2D eigenvalue weighted by Gasteiger charge is -2.14. The number of hydrogen-bond acceptors (Lipinski definition) is 4. The van der Waals surface area contributed by atoms with E-state index in [4.69, 9.17) is 5.26 Å². The summed E-state index contributed by atoms with van der Waals surface area (Å²) >= 11 is 3.16. The summed E-state index contributed by atoms with van der Waals surface area (Å²) in [4.78, 5) is 3.42. The summed E-state index contributed by atoms with van der Waals surface area (Å²) in [5.41, 5.74) is 0.459. The molecular weight excluding hydrogens is 284 g/mol. The first-order chi connectivity index (χ1) is 9.14. The van der Waals surface area contributed by atoms with Gasteiger partial charge in [0.2, 0.25) is 0 Å². The van der Waals surface area contributed by atoms with Crippen molar-refractivity contribution < 1.29 is 0 Å². The van der Waals surface area contributed by atoms with E-state index in [0.717, 1.165) is 4.88 Å². The third kappa shape index (κ3) is 5.07. The fourth-order valence-electron chi connectivity index (χ4n) is 1.40. The van der Waals surface area contributed by atoms with Gasteiger partial charge in [0.05, 0.1) is 0 Å². The molecule has 108 valence electrons. The van der Waals surface area contributed by atoms with Crippen LogP contribution in [0, 0.1) is 11.3 Å². The van der Waals surface area contributed by atoms with Gasteiger partial charge in [0.15, 0.2) is 0 Å². The van der Waals surface area contributed by atoms with Crippen molar-refractivity contribution in [1.82, 2.24) is 4.37 Å². The molecule has 0 unspecified atom stereocenters. The molecule has 2 rings (SSSR count). The third-order valence-corrected chi connectivity index (χ3v) is 5.22. The van der Waals surface area contributed by atoms with Crippen molar-refractivity contribution in [3.8, 4) is 6.07 Å². The van der Waals surface area contributed by atoms with Crippen LogP contribution >= 0.6 is 22.9 Å². The van der Waals surface area contributed by atoms with E-state index < -0.39 is 0 Å². The van der Waals surface area contributed by atoms with Gasteiger partial charge in [0.1, 0.15) is 10.9 Å². The van der Waals surface area contributed by atoms with E-state index in [0.29, 0.717) is 0 Å². The summed E-state index contributed by atoms with van der Waals surface area (Å²) in [6, 6.07) is 8.12. The smallest absolute Gasteiger partial charge is 0.110 e. The normalized spacial score (nSPS) is 11.4. The maximum absolute atomic E-state index is 8.58. The topological polar surface area (TPSA) is 36.7 Å². The number of nitriles is 1. The fourth-order valence-corrected chi connectivity index (χ4v) is 2.90. The van der Waals surface area contributed by atoms with Crippen LogP contribution in [0.4, 0.5) is 0 Å². The summed E-state index contributed by atoms with van der Waals surface area (Å²) in [5.74, 6) is 0. The summed E-state index contributed by atoms with van der Waals surface area (Å²) in [5, 5.41) is 8.58. The Labute approximate surface area is 130 Å².